The van der Waals surface area contributed by atoms with Crippen LogP contribution in [0.1, 0.15) is 38.1 Å². The minimum absolute atomic E-state index is 0.179. The van der Waals surface area contributed by atoms with Gasteiger partial charge in [-0.1, -0.05) is 40.6 Å². The van der Waals surface area contributed by atoms with Gasteiger partial charge in [0, 0.05) is 16.7 Å². The topological polar surface area (TPSA) is 92.3 Å². The lowest BCUT2D eigenvalue weighted by atomic mass is 9.95. The third kappa shape index (κ3) is 5.57. The molecule has 0 N–H and O–H groups in total. The van der Waals surface area contributed by atoms with E-state index in [9.17, 15) is 9.59 Å². The maximum Gasteiger partial charge on any atom is 0.338 e. The van der Waals surface area contributed by atoms with Crippen molar-refractivity contribution in [2.24, 2.45) is 4.99 Å². The van der Waals surface area contributed by atoms with E-state index in [-0.39, 0.29) is 17.7 Å². The van der Waals surface area contributed by atoms with Gasteiger partial charge in [0.2, 0.25) is 0 Å². The number of fused-ring (bicyclic) bond motifs is 1. The van der Waals surface area contributed by atoms with Crippen LogP contribution in [0.25, 0.3) is 17.4 Å². The molecule has 1 aliphatic heterocycles. The number of aromatic nitrogens is 1. The van der Waals surface area contributed by atoms with Gasteiger partial charge in [-0.25, -0.2) is 9.79 Å². The highest BCUT2D eigenvalue weighted by atomic mass is 35.5. The number of methoxy groups -OCH3 is 1. The van der Waals surface area contributed by atoms with Crippen LogP contribution < -0.4 is 24.4 Å². The Bertz CT molecular complexity index is 1850. The molecule has 212 valence electrons. The zero-order valence-electron chi connectivity index (χ0n) is 22.7. The second-order valence-corrected chi connectivity index (χ2v) is 10.8. The summed E-state index contributed by atoms with van der Waals surface area (Å²) in [7, 11) is 1.55. The number of carbonyl (C=O) groups excluding carboxylic acids is 1. The summed E-state index contributed by atoms with van der Waals surface area (Å²) in [5, 5.41) is 0.967. The van der Waals surface area contributed by atoms with E-state index < -0.39 is 12.0 Å². The highest BCUT2D eigenvalue weighted by Crippen LogP contribution is 2.36. The van der Waals surface area contributed by atoms with E-state index in [0.29, 0.717) is 65.8 Å². The van der Waals surface area contributed by atoms with E-state index >= 15 is 0 Å². The van der Waals surface area contributed by atoms with Crippen LogP contribution in [0.2, 0.25) is 10.0 Å². The number of halogens is 2. The second kappa shape index (κ2) is 12.0. The van der Waals surface area contributed by atoms with Crippen LogP contribution in [0.5, 0.6) is 11.5 Å². The Hall–Kier alpha value is -3.79. The summed E-state index contributed by atoms with van der Waals surface area (Å²) in [6.45, 7) is 5.92. The normalized spacial score (nSPS) is 15.0. The lowest BCUT2D eigenvalue weighted by Crippen LogP contribution is -2.39. The molecule has 0 fully saturated rings. The number of rotatable bonds is 8. The van der Waals surface area contributed by atoms with Gasteiger partial charge in [-0.15, -0.1) is 0 Å². The van der Waals surface area contributed by atoms with Gasteiger partial charge in [-0.3, -0.25) is 9.36 Å². The van der Waals surface area contributed by atoms with Crippen molar-refractivity contribution in [1.82, 2.24) is 4.57 Å². The average Bonchev–Trinajstić information content (AvgIpc) is 3.52. The van der Waals surface area contributed by atoms with E-state index in [1.165, 1.54) is 15.9 Å². The number of esters is 1. The van der Waals surface area contributed by atoms with Crippen molar-refractivity contribution in [3.8, 4) is 22.8 Å². The SMILES string of the molecule is CCOC(=O)C1=C(C)N=c2s/c(=C\c3ccc(-c4ccc(Cl)cc4Cl)o3)c(=O)n2[C@@H]1c1ccc(OC)c(OCC)c1. The first-order valence-electron chi connectivity index (χ1n) is 12.8. The Labute approximate surface area is 249 Å². The minimum Gasteiger partial charge on any atom is -0.493 e. The predicted molar refractivity (Wildman–Crippen MR) is 159 cm³/mol. The molecule has 11 heteroatoms. The number of furan rings is 1. The quantitative estimate of drug-likeness (QED) is 0.234. The summed E-state index contributed by atoms with van der Waals surface area (Å²) in [5.74, 6) is 1.48. The Morgan fingerprint density at radius 1 is 1.10 bits per heavy atom. The summed E-state index contributed by atoms with van der Waals surface area (Å²) in [6, 6.07) is 13.2. The van der Waals surface area contributed by atoms with Gasteiger partial charge in [-0.2, -0.15) is 0 Å². The molecule has 0 saturated carbocycles. The summed E-state index contributed by atoms with van der Waals surface area (Å²) < 4.78 is 24.5. The van der Waals surface area contributed by atoms with E-state index in [2.05, 4.69) is 4.99 Å². The fraction of sp³-hybridized carbons (Fsp3) is 0.233. The van der Waals surface area contributed by atoms with Crippen LogP contribution in [0, 0.1) is 0 Å². The van der Waals surface area contributed by atoms with Gasteiger partial charge in [0.15, 0.2) is 16.3 Å². The van der Waals surface area contributed by atoms with Crippen LogP contribution in [0.3, 0.4) is 0 Å². The molecule has 0 bridgehead atoms. The fourth-order valence-corrected chi connectivity index (χ4v) is 6.16. The fourth-order valence-electron chi connectivity index (χ4n) is 4.63. The number of hydrogen-bond acceptors (Lipinski definition) is 8. The molecule has 0 unspecified atom stereocenters. The Morgan fingerprint density at radius 3 is 2.61 bits per heavy atom. The van der Waals surface area contributed by atoms with Gasteiger partial charge in [0.1, 0.15) is 11.5 Å². The van der Waals surface area contributed by atoms with Crippen LogP contribution in [-0.4, -0.2) is 30.9 Å². The van der Waals surface area contributed by atoms with Crippen LogP contribution >= 0.6 is 34.5 Å². The zero-order valence-corrected chi connectivity index (χ0v) is 25.0. The highest BCUT2D eigenvalue weighted by Gasteiger charge is 2.34. The van der Waals surface area contributed by atoms with Crippen molar-refractivity contribution in [3.63, 3.8) is 0 Å². The van der Waals surface area contributed by atoms with Crippen molar-refractivity contribution in [1.29, 1.82) is 0 Å². The largest absolute Gasteiger partial charge is 0.493 e. The van der Waals surface area contributed by atoms with E-state index in [1.807, 2.05) is 6.92 Å². The first kappa shape index (κ1) is 28.7. The molecule has 3 heterocycles. The molecule has 1 aliphatic rings. The number of allylic oxidation sites excluding steroid dienone is 1. The summed E-state index contributed by atoms with van der Waals surface area (Å²) in [5.41, 5.74) is 1.74. The smallest absolute Gasteiger partial charge is 0.338 e. The monoisotopic (exact) mass is 612 g/mol. The Balaban J connectivity index is 1.65. The maximum atomic E-state index is 13.9. The first-order valence-corrected chi connectivity index (χ1v) is 14.4. The number of nitrogens with zero attached hydrogens (tertiary/aromatic N) is 2. The lowest BCUT2D eigenvalue weighted by molar-refractivity contribution is -0.139. The minimum atomic E-state index is -0.794. The number of hydrogen-bond donors (Lipinski definition) is 0. The van der Waals surface area contributed by atoms with Crippen molar-refractivity contribution in [3.05, 3.63) is 101 Å². The third-order valence-corrected chi connectivity index (χ3v) is 7.95. The standard InChI is InChI=1S/C30H26Cl2N2O6S/c1-5-38-24-13-17(7-11-23(24)37-4)27-26(29(36)39-6-2)16(3)33-30-34(27)28(35)25(41-30)15-19-9-12-22(40-19)20-10-8-18(31)14-21(20)32/h7-15,27H,5-6H2,1-4H3/b25-15-/t27-/m1/s1. The molecule has 0 saturated heterocycles. The average molecular weight is 614 g/mol. The maximum absolute atomic E-state index is 13.9. The molecular formula is C30H26Cl2N2O6S. The van der Waals surface area contributed by atoms with E-state index in [0.717, 1.165) is 0 Å². The number of ether oxygens (including phenoxy) is 3. The molecule has 0 aliphatic carbocycles. The molecule has 41 heavy (non-hydrogen) atoms. The van der Waals surface area contributed by atoms with Gasteiger partial charge in [0.05, 0.1) is 47.2 Å². The zero-order chi connectivity index (χ0) is 29.3. The van der Waals surface area contributed by atoms with Crippen molar-refractivity contribution in [2.45, 2.75) is 26.8 Å². The van der Waals surface area contributed by atoms with E-state index in [4.69, 9.17) is 41.8 Å². The van der Waals surface area contributed by atoms with Crippen molar-refractivity contribution >= 4 is 46.6 Å². The number of benzene rings is 2. The number of thiazole rings is 1. The molecule has 2 aromatic carbocycles. The summed E-state index contributed by atoms with van der Waals surface area (Å²) in [6.07, 6.45) is 1.65. The molecule has 8 nitrogen and oxygen atoms in total. The summed E-state index contributed by atoms with van der Waals surface area (Å²) >= 11 is 13.6. The van der Waals surface area contributed by atoms with Crippen LogP contribution in [0.15, 0.2) is 74.0 Å². The lowest BCUT2D eigenvalue weighted by Gasteiger charge is -2.25. The Morgan fingerprint density at radius 2 is 1.90 bits per heavy atom. The van der Waals surface area contributed by atoms with Gasteiger partial charge < -0.3 is 18.6 Å². The molecule has 1 atom stereocenters. The molecule has 0 spiro atoms. The van der Waals surface area contributed by atoms with Gasteiger partial charge >= 0.3 is 5.97 Å². The summed E-state index contributed by atoms with van der Waals surface area (Å²) in [4.78, 5) is 32.2. The van der Waals surface area contributed by atoms with Crippen molar-refractivity contribution < 1.29 is 23.4 Å². The first-order chi connectivity index (χ1) is 19.7. The van der Waals surface area contributed by atoms with Gasteiger partial charge in [0.25, 0.3) is 5.56 Å². The molecule has 0 radical (unpaired) electrons. The second-order valence-electron chi connectivity index (χ2n) is 8.97. The molecule has 5 rings (SSSR count). The molecule has 4 aromatic rings. The molecular weight excluding hydrogens is 587 g/mol. The van der Waals surface area contributed by atoms with Crippen molar-refractivity contribution in [2.75, 3.05) is 20.3 Å². The Kier molecular flexibility index (Phi) is 8.40. The molecule has 0 amide bonds. The van der Waals surface area contributed by atoms with Gasteiger partial charge in [-0.05, 0) is 68.8 Å². The van der Waals surface area contributed by atoms with Crippen LogP contribution in [0.4, 0.5) is 0 Å². The van der Waals surface area contributed by atoms with Crippen LogP contribution in [-0.2, 0) is 9.53 Å². The molecule has 2 aromatic heterocycles. The predicted octanol–water partition coefficient (Wildman–Crippen LogP) is 5.77. The van der Waals surface area contributed by atoms with E-state index in [1.54, 1.807) is 75.6 Å². The third-order valence-electron chi connectivity index (χ3n) is 6.42. The highest BCUT2D eigenvalue weighted by molar-refractivity contribution is 7.07. The number of carbonyl (C=O) groups is 1.